The van der Waals surface area contributed by atoms with Gasteiger partial charge in [-0.05, 0) is 53.1 Å². The minimum atomic E-state index is -0.458. The van der Waals surface area contributed by atoms with Crippen LogP contribution in [0.1, 0.15) is 42.4 Å². The first-order chi connectivity index (χ1) is 17.2. The van der Waals surface area contributed by atoms with Gasteiger partial charge in [0.15, 0.2) is 0 Å². The third kappa shape index (κ3) is 4.57. The van der Waals surface area contributed by atoms with Gasteiger partial charge in [0.1, 0.15) is 11.6 Å². The quantitative estimate of drug-likeness (QED) is 0.340. The van der Waals surface area contributed by atoms with Crippen LogP contribution in [0.4, 0.5) is 20.7 Å². The third-order valence-electron chi connectivity index (χ3n) is 6.05. The van der Waals surface area contributed by atoms with Crippen molar-refractivity contribution in [2.24, 2.45) is 0 Å². The van der Waals surface area contributed by atoms with Crippen LogP contribution in [0, 0.1) is 5.82 Å². The Labute approximate surface area is 208 Å². The molecular formula is C28H26FN5O2. The number of amides is 3. The Bertz CT molecular complexity index is 1490. The molecule has 1 aliphatic heterocycles. The van der Waals surface area contributed by atoms with Gasteiger partial charge in [-0.25, -0.2) is 13.9 Å². The predicted molar refractivity (Wildman–Crippen MR) is 138 cm³/mol. The minimum Gasteiger partial charge on any atom is -0.348 e. The highest BCUT2D eigenvalue weighted by atomic mass is 19.1. The fourth-order valence-corrected chi connectivity index (χ4v) is 4.21. The minimum absolute atomic E-state index is 0.0787. The van der Waals surface area contributed by atoms with Crippen molar-refractivity contribution in [1.29, 1.82) is 0 Å². The Balaban J connectivity index is 1.41. The molecule has 0 bridgehead atoms. The Morgan fingerprint density at radius 1 is 0.972 bits per heavy atom. The summed E-state index contributed by atoms with van der Waals surface area (Å²) in [5.74, 6) is -0.0495. The summed E-state index contributed by atoms with van der Waals surface area (Å²) in [4.78, 5) is 25.0. The molecule has 3 aromatic carbocycles. The highest BCUT2D eigenvalue weighted by molar-refractivity contribution is 6.01. The van der Waals surface area contributed by atoms with Crippen molar-refractivity contribution in [1.82, 2.24) is 15.1 Å². The fourth-order valence-electron chi connectivity index (χ4n) is 4.21. The zero-order chi connectivity index (χ0) is 25.4. The lowest BCUT2D eigenvalue weighted by atomic mass is 9.92. The molecule has 0 spiro atoms. The van der Waals surface area contributed by atoms with E-state index in [1.807, 2.05) is 57.2 Å². The maximum absolute atomic E-state index is 13.9. The average Bonchev–Trinajstić information content (AvgIpc) is 3.43. The van der Waals surface area contributed by atoms with Crippen molar-refractivity contribution < 1.29 is 14.0 Å². The molecule has 0 saturated carbocycles. The van der Waals surface area contributed by atoms with Crippen LogP contribution in [0.5, 0.6) is 0 Å². The molecule has 0 fully saturated rings. The Morgan fingerprint density at radius 2 is 1.72 bits per heavy atom. The van der Waals surface area contributed by atoms with Gasteiger partial charge in [-0.3, -0.25) is 10.1 Å². The lowest BCUT2D eigenvalue weighted by molar-refractivity contribution is 0.0965. The van der Waals surface area contributed by atoms with E-state index in [0.717, 1.165) is 22.4 Å². The van der Waals surface area contributed by atoms with E-state index in [1.165, 1.54) is 16.8 Å². The smallest absolute Gasteiger partial charge is 0.324 e. The zero-order valence-corrected chi connectivity index (χ0v) is 20.2. The molecule has 4 aromatic rings. The molecule has 0 atom stereocenters. The number of hydrogen-bond acceptors (Lipinski definition) is 3. The molecule has 5 rings (SSSR count). The number of rotatable bonds is 4. The molecule has 1 aromatic heterocycles. The van der Waals surface area contributed by atoms with Crippen molar-refractivity contribution in [3.05, 3.63) is 95.4 Å². The van der Waals surface area contributed by atoms with E-state index >= 15 is 0 Å². The van der Waals surface area contributed by atoms with Gasteiger partial charge in [0, 0.05) is 29.3 Å². The molecule has 182 valence electrons. The van der Waals surface area contributed by atoms with Crippen molar-refractivity contribution in [2.75, 3.05) is 10.6 Å². The summed E-state index contributed by atoms with van der Waals surface area (Å²) in [5.41, 5.74) is 5.02. The normalized spacial score (nSPS) is 12.7. The second-order valence-electron chi connectivity index (χ2n) is 9.73. The SMILES string of the molecule is CC(C)(C)c1cc(NC(=O)Nc2cccc(-c3cccc4c3CNC4=O)c2)n(-c2cccc(F)c2)n1. The second-order valence-corrected chi connectivity index (χ2v) is 9.73. The number of carbonyl (C=O) groups is 2. The van der Waals surface area contributed by atoms with Crippen molar-refractivity contribution in [2.45, 2.75) is 32.7 Å². The lowest BCUT2D eigenvalue weighted by Crippen LogP contribution is -2.21. The van der Waals surface area contributed by atoms with E-state index in [-0.39, 0.29) is 11.3 Å². The van der Waals surface area contributed by atoms with E-state index in [9.17, 15) is 14.0 Å². The van der Waals surface area contributed by atoms with Gasteiger partial charge in [-0.15, -0.1) is 0 Å². The number of benzene rings is 3. The average molecular weight is 484 g/mol. The molecule has 36 heavy (non-hydrogen) atoms. The van der Waals surface area contributed by atoms with Crippen molar-refractivity contribution >= 4 is 23.4 Å². The summed E-state index contributed by atoms with van der Waals surface area (Å²) >= 11 is 0. The van der Waals surface area contributed by atoms with Crippen LogP contribution in [0.3, 0.4) is 0 Å². The second kappa shape index (κ2) is 8.96. The lowest BCUT2D eigenvalue weighted by Gasteiger charge is -2.14. The van der Waals surface area contributed by atoms with Gasteiger partial charge in [0.05, 0.1) is 11.4 Å². The summed E-state index contributed by atoms with van der Waals surface area (Å²) in [5, 5.41) is 13.2. The highest BCUT2D eigenvalue weighted by Crippen LogP contribution is 2.31. The molecule has 2 heterocycles. The number of urea groups is 1. The number of anilines is 2. The maximum Gasteiger partial charge on any atom is 0.324 e. The van der Waals surface area contributed by atoms with Crippen molar-refractivity contribution in [3.63, 3.8) is 0 Å². The largest absolute Gasteiger partial charge is 0.348 e. The van der Waals surface area contributed by atoms with Crippen molar-refractivity contribution in [3.8, 4) is 16.8 Å². The number of nitrogens with one attached hydrogen (secondary N) is 3. The van der Waals surface area contributed by atoms with Crippen LogP contribution in [0.2, 0.25) is 0 Å². The molecule has 0 radical (unpaired) electrons. The van der Waals surface area contributed by atoms with Crippen LogP contribution in [0.25, 0.3) is 16.8 Å². The van der Waals surface area contributed by atoms with E-state index in [1.54, 1.807) is 24.3 Å². The number of hydrogen-bond donors (Lipinski definition) is 3. The molecule has 7 nitrogen and oxygen atoms in total. The predicted octanol–water partition coefficient (Wildman–Crippen LogP) is 5.86. The molecule has 0 unspecified atom stereocenters. The summed E-state index contributed by atoms with van der Waals surface area (Å²) in [7, 11) is 0. The molecule has 1 aliphatic rings. The topological polar surface area (TPSA) is 88.0 Å². The van der Waals surface area contributed by atoms with E-state index in [2.05, 4.69) is 21.0 Å². The van der Waals surface area contributed by atoms with E-state index in [0.29, 0.717) is 29.3 Å². The summed E-state index contributed by atoms with van der Waals surface area (Å²) in [6.07, 6.45) is 0. The molecule has 3 amide bonds. The van der Waals surface area contributed by atoms with Crippen LogP contribution in [-0.2, 0) is 12.0 Å². The van der Waals surface area contributed by atoms with Crippen LogP contribution < -0.4 is 16.0 Å². The first kappa shape index (κ1) is 23.3. The fraction of sp³-hybridized carbons (Fsp3) is 0.179. The van der Waals surface area contributed by atoms with Gasteiger partial charge in [-0.2, -0.15) is 5.10 Å². The Morgan fingerprint density at radius 3 is 2.50 bits per heavy atom. The highest BCUT2D eigenvalue weighted by Gasteiger charge is 2.23. The van der Waals surface area contributed by atoms with Gasteiger partial charge in [0.2, 0.25) is 0 Å². The first-order valence-electron chi connectivity index (χ1n) is 11.6. The third-order valence-corrected chi connectivity index (χ3v) is 6.05. The van der Waals surface area contributed by atoms with Crippen LogP contribution >= 0.6 is 0 Å². The molecule has 0 aliphatic carbocycles. The standard InChI is InChI=1S/C28H26FN5O2/c1-28(2,3)24-15-25(34(33-24)20-10-5-8-18(29)14-20)32-27(36)31-19-9-4-7-17(13-19)21-11-6-12-22-23(21)16-30-26(22)35/h4-15H,16H2,1-3H3,(H,30,35)(H2,31,32,36). The first-order valence-corrected chi connectivity index (χ1v) is 11.6. The maximum atomic E-state index is 13.9. The summed E-state index contributed by atoms with van der Waals surface area (Å²) in [6.45, 7) is 6.53. The molecule has 0 saturated heterocycles. The van der Waals surface area contributed by atoms with E-state index < -0.39 is 11.8 Å². The molecular weight excluding hydrogens is 457 g/mol. The van der Waals surface area contributed by atoms with Gasteiger partial charge in [0.25, 0.3) is 5.91 Å². The van der Waals surface area contributed by atoms with Gasteiger partial charge >= 0.3 is 6.03 Å². The van der Waals surface area contributed by atoms with Crippen LogP contribution in [-0.4, -0.2) is 21.7 Å². The molecule has 8 heteroatoms. The number of halogens is 1. The zero-order valence-electron chi connectivity index (χ0n) is 20.2. The van der Waals surface area contributed by atoms with Gasteiger partial charge in [-0.1, -0.05) is 51.1 Å². The van der Waals surface area contributed by atoms with E-state index in [4.69, 9.17) is 0 Å². The monoisotopic (exact) mass is 483 g/mol. The van der Waals surface area contributed by atoms with Crippen LogP contribution in [0.15, 0.2) is 72.8 Å². The number of nitrogens with zero attached hydrogens (tertiary/aromatic N) is 2. The Hall–Kier alpha value is -4.46. The van der Waals surface area contributed by atoms with Gasteiger partial charge < -0.3 is 10.6 Å². The summed E-state index contributed by atoms with van der Waals surface area (Å²) in [6, 6.07) is 20.5. The Kier molecular flexibility index (Phi) is 5.80. The number of aromatic nitrogens is 2. The number of fused-ring (bicyclic) bond motifs is 1. The molecule has 3 N–H and O–H groups in total. The number of carbonyl (C=O) groups excluding carboxylic acids is 2. The summed E-state index contributed by atoms with van der Waals surface area (Å²) < 4.78 is 15.4.